The predicted molar refractivity (Wildman–Crippen MR) is 94.0 cm³/mol. The average molecular weight is 382 g/mol. The first-order valence-electron chi connectivity index (χ1n) is 8.65. The van der Waals surface area contributed by atoms with E-state index in [4.69, 9.17) is 14.2 Å². The molecule has 3 aliphatic rings. The molecule has 2 N–H and O–H groups in total. The third-order valence-electron chi connectivity index (χ3n) is 4.79. The molecule has 1 aromatic rings. The first-order valence-corrected chi connectivity index (χ1v) is 10.2. The molecule has 0 spiro atoms. The van der Waals surface area contributed by atoms with Crippen molar-refractivity contribution in [3.63, 3.8) is 0 Å². The molecular weight excluding hydrogens is 359 g/mol. The van der Waals surface area contributed by atoms with Crippen molar-refractivity contribution in [2.24, 2.45) is 5.92 Å². The molecule has 8 nitrogen and oxygen atoms in total. The van der Waals surface area contributed by atoms with Gasteiger partial charge in [0.05, 0.1) is 12.6 Å². The lowest BCUT2D eigenvalue weighted by molar-refractivity contribution is -0.139. The number of aliphatic carboxylic acids is 1. The minimum absolute atomic E-state index is 0.0360. The van der Waals surface area contributed by atoms with Crippen LogP contribution in [0.1, 0.15) is 19.8 Å². The van der Waals surface area contributed by atoms with Crippen molar-refractivity contribution >= 4 is 19.5 Å². The van der Waals surface area contributed by atoms with E-state index in [1.54, 1.807) is 30.3 Å². The molecule has 0 radical (unpaired) electrons. The van der Waals surface area contributed by atoms with Gasteiger partial charge in [0, 0.05) is 5.92 Å². The Bertz CT molecular complexity index is 704. The second-order valence-electron chi connectivity index (χ2n) is 6.62. The fourth-order valence-corrected chi connectivity index (χ4v) is 4.81. The zero-order valence-electron chi connectivity index (χ0n) is 14.5. The van der Waals surface area contributed by atoms with Crippen LogP contribution in [0.2, 0.25) is 0 Å². The topological polar surface area (TPSA) is 105 Å². The number of carboxylic acids is 1. The molecule has 26 heavy (non-hydrogen) atoms. The minimum Gasteiger partial charge on any atom is -0.480 e. The molecule has 1 aromatic carbocycles. The highest BCUT2D eigenvalue weighted by molar-refractivity contribution is 7.52. The Morgan fingerprint density at radius 1 is 1.35 bits per heavy atom. The van der Waals surface area contributed by atoms with Crippen LogP contribution in [0.5, 0.6) is 5.75 Å². The molecule has 3 atom stereocenters. The molecule has 9 heteroatoms. The third kappa shape index (κ3) is 4.32. The Labute approximate surface area is 152 Å². The highest BCUT2D eigenvalue weighted by Crippen LogP contribution is 2.45. The van der Waals surface area contributed by atoms with Crippen LogP contribution in [0, 0.1) is 5.92 Å². The summed E-state index contributed by atoms with van der Waals surface area (Å²) in [7, 11) is -3.98. The fraction of sp³-hybridized carbons (Fsp3) is 0.529. The molecule has 4 rings (SSSR count). The highest BCUT2D eigenvalue weighted by atomic mass is 31.2. The number of rotatable bonds is 8. The lowest BCUT2D eigenvalue weighted by Gasteiger charge is -2.43. The number of carbonyl (C=O) groups is 2. The summed E-state index contributed by atoms with van der Waals surface area (Å²) in [5, 5.41) is 11.5. The van der Waals surface area contributed by atoms with Gasteiger partial charge >= 0.3 is 13.7 Å². The Morgan fingerprint density at radius 3 is 2.58 bits per heavy atom. The van der Waals surface area contributed by atoms with Crippen LogP contribution in [-0.4, -0.2) is 53.5 Å². The largest absolute Gasteiger partial charge is 0.480 e. The van der Waals surface area contributed by atoms with E-state index in [2.05, 4.69) is 5.09 Å². The summed E-state index contributed by atoms with van der Waals surface area (Å²) >= 11 is 0. The number of hydrogen-bond donors (Lipinski definition) is 2. The summed E-state index contributed by atoms with van der Waals surface area (Å²) in [6.07, 6.45) is 1.70. The van der Waals surface area contributed by atoms with Crippen molar-refractivity contribution in [3.8, 4) is 5.75 Å². The molecule has 3 aliphatic heterocycles. The number of nitrogens with zero attached hydrogens (tertiary/aromatic N) is 1. The molecule has 0 aliphatic carbocycles. The number of fused-ring (bicyclic) bond motifs is 3. The summed E-state index contributed by atoms with van der Waals surface area (Å²) in [4.78, 5) is 25.6. The molecular formula is C17H23N2O6P. The Balaban J connectivity index is 1.71. The number of Topliss-reactive ketones (excluding diaryl/α,β-unsaturated/α-hetero) is 1. The van der Waals surface area contributed by atoms with Crippen LogP contribution in [0.15, 0.2) is 30.3 Å². The van der Waals surface area contributed by atoms with Crippen molar-refractivity contribution in [1.82, 2.24) is 9.99 Å². The first-order chi connectivity index (χ1) is 12.4. The number of nitrogens with one attached hydrogen (secondary N) is 1. The van der Waals surface area contributed by atoms with E-state index in [0.717, 1.165) is 25.9 Å². The Kier molecular flexibility index (Phi) is 5.77. The van der Waals surface area contributed by atoms with Crippen molar-refractivity contribution in [2.75, 3.05) is 19.7 Å². The van der Waals surface area contributed by atoms with Crippen LogP contribution in [0.3, 0.4) is 0 Å². The second kappa shape index (κ2) is 7.88. The zero-order valence-corrected chi connectivity index (χ0v) is 15.4. The normalized spacial score (nSPS) is 28.3. The molecule has 3 saturated heterocycles. The number of hydrogen-bond acceptors (Lipinski definition) is 6. The van der Waals surface area contributed by atoms with Gasteiger partial charge in [-0.1, -0.05) is 18.2 Å². The van der Waals surface area contributed by atoms with E-state index >= 15 is 0 Å². The van der Waals surface area contributed by atoms with Gasteiger partial charge in [0.25, 0.3) is 0 Å². The number of para-hydroxylation sites is 1. The predicted octanol–water partition coefficient (Wildman–Crippen LogP) is 1.92. The lowest BCUT2D eigenvalue weighted by atomic mass is 9.82. The molecule has 142 valence electrons. The summed E-state index contributed by atoms with van der Waals surface area (Å²) in [5.41, 5.74) is 0. The second-order valence-corrected chi connectivity index (χ2v) is 8.31. The number of carbonyl (C=O) groups excluding carboxylic acids is 1. The molecule has 3 heterocycles. The minimum atomic E-state index is -3.98. The molecule has 0 aromatic heterocycles. The third-order valence-corrected chi connectivity index (χ3v) is 6.44. The Hall–Kier alpha value is -1.73. The monoisotopic (exact) mass is 382 g/mol. The summed E-state index contributed by atoms with van der Waals surface area (Å²) < 4.78 is 24.1. The standard InChI is InChI=1S/C17H23N2O6P/c1-12(17(21)22)18-26(23,25-14-5-3-2-4-6-14)24-11-15-16(20)13-7-9-19(15)10-8-13/h2-6,12-13,15H,7-11H2,1H3,(H,18,23)(H,21,22)/t12?,15-,26?/m0/s1. The maximum Gasteiger partial charge on any atom is 0.459 e. The van der Waals surface area contributed by atoms with Crippen LogP contribution in [-0.2, 0) is 18.7 Å². The summed E-state index contributed by atoms with van der Waals surface area (Å²) in [6, 6.07) is 6.78. The van der Waals surface area contributed by atoms with Crippen LogP contribution >= 0.6 is 7.75 Å². The van der Waals surface area contributed by atoms with Crippen LogP contribution in [0.25, 0.3) is 0 Å². The van der Waals surface area contributed by atoms with E-state index in [9.17, 15) is 14.2 Å². The van der Waals surface area contributed by atoms with Gasteiger partial charge in [-0.2, -0.15) is 5.09 Å². The van der Waals surface area contributed by atoms with Gasteiger partial charge in [0.1, 0.15) is 11.8 Å². The lowest BCUT2D eigenvalue weighted by Crippen LogP contribution is -2.57. The van der Waals surface area contributed by atoms with Gasteiger partial charge in [-0.25, -0.2) is 4.57 Å². The van der Waals surface area contributed by atoms with Gasteiger partial charge in [-0.3, -0.25) is 19.0 Å². The average Bonchev–Trinajstić information content (AvgIpc) is 2.62. The quantitative estimate of drug-likeness (QED) is 0.657. The molecule has 2 unspecified atom stereocenters. The van der Waals surface area contributed by atoms with Gasteiger partial charge in [-0.15, -0.1) is 0 Å². The molecule has 2 bridgehead atoms. The fourth-order valence-electron chi connectivity index (χ4n) is 3.31. The van der Waals surface area contributed by atoms with Crippen molar-refractivity contribution < 1.29 is 28.3 Å². The van der Waals surface area contributed by atoms with E-state index in [1.807, 2.05) is 4.90 Å². The summed E-state index contributed by atoms with van der Waals surface area (Å²) in [5.74, 6) is -0.756. The summed E-state index contributed by atoms with van der Waals surface area (Å²) in [6.45, 7) is 2.88. The molecule has 0 amide bonds. The number of piperidine rings is 3. The zero-order chi connectivity index (χ0) is 18.7. The van der Waals surface area contributed by atoms with Crippen LogP contribution < -0.4 is 9.61 Å². The van der Waals surface area contributed by atoms with Gasteiger partial charge in [0.15, 0.2) is 5.78 Å². The van der Waals surface area contributed by atoms with Crippen LogP contribution in [0.4, 0.5) is 0 Å². The van der Waals surface area contributed by atoms with Crippen molar-refractivity contribution in [2.45, 2.75) is 31.8 Å². The van der Waals surface area contributed by atoms with E-state index in [-0.39, 0.29) is 24.1 Å². The number of benzene rings is 1. The molecule has 0 saturated carbocycles. The maximum atomic E-state index is 13.1. The van der Waals surface area contributed by atoms with Gasteiger partial charge in [0.2, 0.25) is 0 Å². The SMILES string of the molecule is CC(NP(=O)(OC[C@H]1C(=O)C2CCN1CC2)Oc1ccccc1)C(=O)O. The highest BCUT2D eigenvalue weighted by Gasteiger charge is 2.43. The maximum absolute atomic E-state index is 13.1. The number of ketones is 1. The van der Waals surface area contributed by atoms with E-state index in [0.29, 0.717) is 0 Å². The molecule has 3 fully saturated rings. The van der Waals surface area contributed by atoms with Gasteiger partial charge in [-0.05, 0) is 45.0 Å². The van der Waals surface area contributed by atoms with E-state index in [1.165, 1.54) is 6.92 Å². The smallest absolute Gasteiger partial charge is 0.459 e. The van der Waals surface area contributed by atoms with Gasteiger partial charge < -0.3 is 9.63 Å². The first kappa shape index (κ1) is 19.0. The number of carboxylic acid groups (broad SMARTS) is 1. The Morgan fingerprint density at radius 2 is 2.00 bits per heavy atom. The van der Waals surface area contributed by atoms with Crippen molar-refractivity contribution in [1.29, 1.82) is 0 Å². The van der Waals surface area contributed by atoms with E-state index < -0.39 is 25.8 Å². The van der Waals surface area contributed by atoms with Crippen molar-refractivity contribution in [3.05, 3.63) is 30.3 Å².